The molecule has 0 aliphatic heterocycles. The van der Waals surface area contributed by atoms with Crippen LogP contribution in [-0.4, -0.2) is 38.2 Å². The molecule has 254 valence electrons. The Morgan fingerprint density at radius 1 is 0.574 bits per heavy atom. The summed E-state index contributed by atoms with van der Waals surface area (Å²) in [5, 5.41) is 21.6. The smallest absolute Gasteiger partial charge is 0.425 e. The zero-order valence-electron chi connectivity index (χ0n) is 29.4. The van der Waals surface area contributed by atoms with Crippen LogP contribution in [0.4, 0.5) is 17.1 Å². The number of fused-ring (bicyclic) bond motifs is 2. The molecule has 0 fully saturated rings. The van der Waals surface area contributed by atoms with Crippen molar-refractivity contribution >= 4 is 62.7 Å². The average Bonchev–Trinajstić information content (AvgIpc) is 3.12. The molecule has 5 rings (SSSR count). The highest BCUT2D eigenvalue weighted by atomic mass is 32.2. The molecule has 5 aromatic carbocycles. The fourth-order valence-electron chi connectivity index (χ4n) is 3.24. The molecule has 5 aromatic rings. The minimum absolute atomic E-state index is 0.202. The highest BCUT2D eigenvalue weighted by Gasteiger charge is 2.02. The van der Waals surface area contributed by atoms with Gasteiger partial charge in [0.25, 0.3) is 0 Å². The number of rotatable bonds is 3. The van der Waals surface area contributed by atoms with Gasteiger partial charge >= 0.3 is 10.6 Å². The standard InChI is InChI=1S/C11H9NO.C10H8.C8H9N3.C3H8.3C2H6.O3S/c1-12-10-7-6-8-4-2-3-5-9(8)11(10)13;1-2-6-10-8-4-3-7-9(10)5-1;1-9-7-3-5-8(6-4-7)11-10-2;1-3-2;3*1-2;1-4(2)3/h2-7,13H,1H2;1-8H;3-6H,1H2,2H3;3H2,1-2H3;3*1-2H3;. The number of phenolic OH excluding ortho intramolecular Hbond substituents is 1. The second-order valence-electron chi connectivity index (χ2n) is 8.05. The van der Waals surface area contributed by atoms with Crippen LogP contribution in [0.1, 0.15) is 61.8 Å². The monoisotopic (exact) mass is 660 g/mol. The molecular formula is C38H52N4O4S. The van der Waals surface area contributed by atoms with E-state index in [2.05, 4.69) is 96.0 Å². The summed E-state index contributed by atoms with van der Waals surface area (Å²) in [6.07, 6.45) is 1.25. The van der Waals surface area contributed by atoms with Gasteiger partial charge in [-0.1, -0.05) is 141 Å². The predicted octanol–water partition coefficient (Wildman–Crippen LogP) is 11.9. The molecule has 47 heavy (non-hydrogen) atoms. The summed E-state index contributed by atoms with van der Waals surface area (Å²) in [5.74, 6) is 0.202. The molecule has 0 aromatic heterocycles. The third kappa shape index (κ3) is 21.4. The molecule has 0 atom stereocenters. The fraction of sp³-hybridized carbons (Fsp3) is 0.263. The maximum absolute atomic E-state index is 9.72. The molecule has 8 nitrogen and oxygen atoms in total. The highest BCUT2D eigenvalue weighted by Crippen LogP contribution is 2.33. The summed E-state index contributed by atoms with van der Waals surface area (Å²) in [6, 6.07) is 35.4. The quantitative estimate of drug-likeness (QED) is 0.153. The van der Waals surface area contributed by atoms with E-state index in [1.54, 1.807) is 13.1 Å². The Morgan fingerprint density at radius 3 is 1.30 bits per heavy atom. The van der Waals surface area contributed by atoms with E-state index >= 15 is 0 Å². The molecule has 0 spiro atoms. The van der Waals surface area contributed by atoms with Gasteiger partial charge in [-0.15, -0.1) is 12.6 Å². The van der Waals surface area contributed by atoms with Gasteiger partial charge in [-0.2, -0.15) is 10.2 Å². The van der Waals surface area contributed by atoms with Crippen molar-refractivity contribution in [2.75, 3.05) is 7.05 Å². The molecule has 0 saturated heterocycles. The van der Waals surface area contributed by atoms with Crippen molar-refractivity contribution in [1.82, 2.24) is 0 Å². The Morgan fingerprint density at radius 2 is 0.936 bits per heavy atom. The van der Waals surface area contributed by atoms with Crippen molar-refractivity contribution in [3.05, 3.63) is 109 Å². The van der Waals surface area contributed by atoms with E-state index in [4.69, 9.17) is 12.6 Å². The van der Waals surface area contributed by atoms with Crippen molar-refractivity contribution in [3.63, 3.8) is 0 Å². The summed E-state index contributed by atoms with van der Waals surface area (Å²) in [5.41, 5.74) is 2.21. The number of aromatic hydroxyl groups is 1. The topological polar surface area (TPSA) is 121 Å². The van der Waals surface area contributed by atoms with E-state index in [-0.39, 0.29) is 5.75 Å². The summed E-state index contributed by atoms with van der Waals surface area (Å²) in [7, 11) is -1.47. The number of aliphatic imine (C=N–C) groups is 2. The fourth-order valence-corrected chi connectivity index (χ4v) is 3.24. The van der Waals surface area contributed by atoms with E-state index in [9.17, 15) is 5.11 Å². The molecule has 0 aliphatic rings. The van der Waals surface area contributed by atoms with Crippen molar-refractivity contribution in [2.24, 2.45) is 20.2 Å². The first-order valence-corrected chi connectivity index (χ1v) is 16.6. The SMILES string of the molecule is C=Nc1ccc(N=NC)cc1.C=Nc1ccc2ccccc2c1O.CC.CC.CC.CCC.O=S(=O)=O.c1ccc2ccccc2c1. The maximum atomic E-state index is 9.72. The molecule has 9 heteroatoms. The van der Waals surface area contributed by atoms with Crippen molar-refractivity contribution < 1.29 is 17.7 Å². The van der Waals surface area contributed by atoms with Crippen LogP contribution in [0.15, 0.2) is 129 Å². The molecule has 0 saturated carbocycles. The molecular weight excluding hydrogens is 609 g/mol. The Balaban J connectivity index is -0.000000526. The third-order valence-corrected chi connectivity index (χ3v) is 4.96. The van der Waals surface area contributed by atoms with Gasteiger partial charge in [0.1, 0.15) is 11.4 Å². The first-order chi connectivity index (χ1) is 22.8. The van der Waals surface area contributed by atoms with Crippen molar-refractivity contribution in [3.8, 4) is 5.75 Å². The van der Waals surface area contributed by atoms with Gasteiger partial charge in [0.2, 0.25) is 0 Å². The zero-order chi connectivity index (χ0) is 36.5. The van der Waals surface area contributed by atoms with Crippen molar-refractivity contribution in [2.45, 2.75) is 61.8 Å². The molecule has 0 aliphatic carbocycles. The maximum Gasteiger partial charge on any atom is 0.425 e. The number of hydrogen-bond donors (Lipinski definition) is 1. The van der Waals surface area contributed by atoms with Gasteiger partial charge in [-0.05, 0) is 59.9 Å². The predicted molar refractivity (Wildman–Crippen MR) is 205 cm³/mol. The van der Waals surface area contributed by atoms with Crippen LogP contribution in [-0.2, 0) is 10.6 Å². The van der Waals surface area contributed by atoms with Gasteiger partial charge < -0.3 is 5.11 Å². The third-order valence-electron chi connectivity index (χ3n) is 4.96. The van der Waals surface area contributed by atoms with E-state index in [0.29, 0.717) is 5.69 Å². The summed E-state index contributed by atoms with van der Waals surface area (Å²) >= 11 is 0. The Labute approximate surface area is 283 Å². The van der Waals surface area contributed by atoms with E-state index in [0.717, 1.165) is 22.1 Å². The zero-order valence-corrected chi connectivity index (χ0v) is 30.2. The van der Waals surface area contributed by atoms with Gasteiger partial charge in [-0.3, -0.25) is 9.98 Å². The van der Waals surface area contributed by atoms with Gasteiger partial charge in [-0.25, -0.2) is 0 Å². The van der Waals surface area contributed by atoms with E-state index < -0.39 is 10.6 Å². The van der Waals surface area contributed by atoms with Gasteiger partial charge in [0.15, 0.2) is 0 Å². The molecule has 1 N–H and O–H groups in total. The first kappa shape index (κ1) is 46.4. The van der Waals surface area contributed by atoms with Gasteiger partial charge in [0, 0.05) is 12.4 Å². The lowest BCUT2D eigenvalue weighted by Crippen LogP contribution is -1.73. The Hall–Kier alpha value is -5.02. The normalized spacial score (nSPS) is 8.62. The summed E-state index contributed by atoms with van der Waals surface area (Å²) in [4.78, 5) is 7.47. The molecule has 0 unspecified atom stereocenters. The van der Waals surface area contributed by atoms with Crippen LogP contribution in [0.25, 0.3) is 21.5 Å². The van der Waals surface area contributed by atoms with E-state index in [1.165, 1.54) is 17.2 Å². The van der Waals surface area contributed by atoms with Crippen LogP contribution in [0.2, 0.25) is 0 Å². The van der Waals surface area contributed by atoms with Crippen molar-refractivity contribution in [1.29, 1.82) is 0 Å². The summed E-state index contributed by atoms with van der Waals surface area (Å²) < 4.78 is 25.3. The Bertz CT molecular complexity index is 1580. The van der Waals surface area contributed by atoms with Crippen LogP contribution in [0.3, 0.4) is 0 Å². The molecule has 0 amide bonds. The highest BCUT2D eigenvalue weighted by molar-refractivity contribution is 7.59. The molecule has 0 bridgehead atoms. The lowest BCUT2D eigenvalue weighted by molar-refractivity contribution is 0.483. The average molecular weight is 661 g/mol. The number of nitrogens with zero attached hydrogens (tertiary/aromatic N) is 4. The minimum atomic E-state index is -3.11. The largest absolute Gasteiger partial charge is 0.505 e. The van der Waals surface area contributed by atoms with Crippen LogP contribution in [0.5, 0.6) is 5.75 Å². The van der Waals surface area contributed by atoms with E-state index in [1.807, 2.05) is 96.1 Å². The van der Waals surface area contributed by atoms with Crippen LogP contribution < -0.4 is 0 Å². The lowest BCUT2D eigenvalue weighted by Gasteiger charge is -2.02. The number of benzene rings is 5. The second-order valence-corrected chi connectivity index (χ2v) is 8.45. The van der Waals surface area contributed by atoms with Gasteiger partial charge in [0.05, 0.1) is 11.4 Å². The summed E-state index contributed by atoms with van der Waals surface area (Å²) in [6.45, 7) is 23.0. The number of phenols is 1. The van der Waals surface area contributed by atoms with Crippen LogP contribution >= 0.6 is 0 Å². The molecule has 0 radical (unpaired) electrons. The number of azo groups is 1. The number of hydrogen-bond acceptors (Lipinski definition) is 8. The van der Waals surface area contributed by atoms with Crippen LogP contribution in [0, 0.1) is 0 Å². The lowest BCUT2D eigenvalue weighted by atomic mass is 10.1. The minimum Gasteiger partial charge on any atom is -0.505 e. The molecule has 0 heterocycles. The first-order valence-electron chi connectivity index (χ1n) is 15.6. The second kappa shape index (κ2) is 32.4. The Kier molecular flexibility index (Phi) is 32.0.